The Morgan fingerprint density at radius 3 is 1.00 bits per heavy atom. The Morgan fingerprint density at radius 1 is 0.190 bits per heavy atom. The summed E-state index contributed by atoms with van der Waals surface area (Å²) in [5, 5.41) is 18.8. The molecule has 10 aromatic carbocycles. The summed E-state index contributed by atoms with van der Waals surface area (Å²) in [7, 11) is 0. The number of benzene rings is 8. The molecule has 0 saturated heterocycles. The minimum Gasteiger partial charge on any atom is -0.0622 e. The van der Waals surface area contributed by atoms with Crippen LogP contribution in [0.5, 0.6) is 0 Å². The fourth-order valence-corrected chi connectivity index (χ4v) is 7.67. The molecule has 0 spiro atoms. The van der Waals surface area contributed by atoms with Crippen molar-refractivity contribution in [3.8, 4) is 22.3 Å². The maximum absolute atomic E-state index is 2.48. The summed E-state index contributed by atoms with van der Waals surface area (Å²) in [5.74, 6) is 0. The lowest BCUT2D eigenvalue weighted by Gasteiger charge is -2.10. The zero-order chi connectivity index (χ0) is 27.4. The average Bonchev–Trinajstić information content (AvgIpc) is 3.56. The van der Waals surface area contributed by atoms with Gasteiger partial charge < -0.3 is 0 Å². The van der Waals surface area contributed by atoms with Crippen LogP contribution in [0.3, 0.4) is 0 Å². The van der Waals surface area contributed by atoms with Crippen molar-refractivity contribution in [1.29, 1.82) is 0 Å². The van der Waals surface area contributed by atoms with Gasteiger partial charge in [0.2, 0.25) is 0 Å². The molecule has 192 valence electrons. The quantitative estimate of drug-likeness (QED) is 0.196. The summed E-state index contributed by atoms with van der Waals surface area (Å²) < 4.78 is 0. The Hall–Kier alpha value is -5.46. The first kappa shape index (κ1) is 22.3. The standard InChI is InChI=1S/C42H24/c1-3-9-25(10-4-1)27-17-19-29-31-13-7-15-33-38-24-40-36-22-28(26-11-5-2-6-12-26)18-20-30(36)32-14-8-16-34(42(32)40)37(38)23-39(41(31)33)35(29)21-27/h1-24H. The third-order valence-corrected chi connectivity index (χ3v) is 9.53. The van der Waals surface area contributed by atoms with Crippen LogP contribution in [0.1, 0.15) is 0 Å². The zero-order valence-corrected chi connectivity index (χ0v) is 22.9. The summed E-state index contributed by atoms with van der Waals surface area (Å²) >= 11 is 0. The van der Waals surface area contributed by atoms with Gasteiger partial charge in [0.15, 0.2) is 0 Å². The maximum atomic E-state index is 2.48. The molecule has 10 aromatic rings. The van der Waals surface area contributed by atoms with Gasteiger partial charge in [-0.05, 0) is 122 Å². The predicted molar refractivity (Wildman–Crippen MR) is 182 cm³/mol. The van der Waals surface area contributed by atoms with Gasteiger partial charge in [0.1, 0.15) is 0 Å². The minimum atomic E-state index is 1.26. The van der Waals surface area contributed by atoms with Crippen molar-refractivity contribution < 1.29 is 0 Å². The van der Waals surface area contributed by atoms with Crippen LogP contribution in [0.25, 0.3) is 97.7 Å². The SMILES string of the molecule is c1ccc(-c2ccc3c(c2)c2cc4c(cc5c6cc(-c7ccccc7)ccc6c6cccc4c65)c4cccc3c42)cc1. The summed E-state index contributed by atoms with van der Waals surface area (Å²) in [5.41, 5.74) is 5.04. The van der Waals surface area contributed by atoms with Crippen LogP contribution in [0.2, 0.25) is 0 Å². The molecule has 0 heterocycles. The Kier molecular flexibility index (Phi) is 4.27. The normalized spacial score (nSPS) is 12.3. The monoisotopic (exact) mass is 528 g/mol. The van der Waals surface area contributed by atoms with Crippen LogP contribution < -0.4 is 0 Å². The number of rotatable bonds is 2. The maximum Gasteiger partial charge on any atom is -0.00199 e. The van der Waals surface area contributed by atoms with Crippen molar-refractivity contribution in [3.63, 3.8) is 0 Å². The lowest BCUT2D eigenvalue weighted by atomic mass is 9.93. The molecule has 0 saturated carbocycles. The van der Waals surface area contributed by atoms with Crippen LogP contribution in [0.15, 0.2) is 146 Å². The molecular formula is C42H24. The molecule has 0 fully saturated rings. The van der Waals surface area contributed by atoms with E-state index < -0.39 is 0 Å². The summed E-state index contributed by atoms with van der Waals surface area (Å²) in [4.78, 5) is 0. The van der Waals surface area contributed by atoms with E-state index in [0.717, 1.165) is 0 Å². The highest BCUT2D eigenvalue weighted by Gasteiger charge is 2.19. The molecular weight excluding hydrogens is 504 g/mol. The van der Waals surface area contributed by atoms with Crippen LogP contribution >= 0.6 is 0 Å². The van der Waals surface area contributed by atoms with Crippen molar-refractivity contribution in [2.45, 2.75) is 0 Å². The molecule has 10 rings (SSSR count). The van der Waals surface area contributed by atoms with Crippen LogP contribution in [0, 0.1) is 0 Å². The Labute approximate surface area is 242 Å². The summed E-state index contributed by atoms with van der Waals surface area (Å²) in [6.45, 7) is 0. The van der Waals surface area contributed by atoms with Gasteiger partial charge in [-0.1, -0.05) is 121 Å². The van der Waals surface area contributed by atoms with Gasteiger partial charge in [0.05, 0.1) is 0 Å². The van der Waals surface area contributed by atoms with Gasteiger partial charge in [0, 0.05) is 0 Å². The van der Waals surface area contributed by atoms with Gasteiger partial charge in [-0.15, -0.1) is 0 Å². The highest BCUT2D eigenvalue weighted by molar-refractivity contribution is 6.41. The third kappa shape index (κ3) is 2.86. The lowest BCUT2D eigenvalue weighted by molar-refractivity contribution is 1.66. The summed E-state index contributed by atoms with van der Waals surface area (Å²) in [6.07, 6.45) is 0. The van der Waals surface area contributed by atoms with Crippen LogP contribution in [-0.4, -0.2) is 0 Å². The second kappa shape index (κ2) is 8.06. The van der Waals surface area contributed by atoms with E-state index in [1.807, 2.05) is 0 Å². The van der Waals surface area contributed by atoms with Crippen molar-refractivity contribution in [2.75, 3.05) is 0 Å². The fraction of sp³-hybridized carbons (Fsp3) is 0. The van der Waals surface area contributed by atoms with E-state index in [9.17, 15) is 0 Å². The molecule has 0 aromatic heterocycles. The van der Waals surface area contributed by atoms with E-state index in [0.29, 0.717) is 0 Å². The fourth-order valence-electron chi connectivity index (χ4n) is 7.67. The van der Waals surface area contributed by atoms with Crippen molar-refractivity contribution in [1.82, 2.24) is 0 Å². The number of fused-ring (bicyclic) bond motifs is 9. The number of hydrogen-bond donors (Lipinski definition) is 0. The molecule has 0 bridgehead atoms. The van der Waals surface area contributed by atoms with Gasteiger partial charge >= 0.3 is 0 Å². The topological polar surface area (TPSA) is 0 Å². The lowest BCUT2D eigenvalue weighted by Crippen LogP contribution is -1.82. The van der Waals surface area contributed by atoms with Crippen molar-refractivity contribution in [2.24, 2.45) is 0 Å². The first-order valence-corrected chi connectivity index (χ1v) is 14.7. The minimum absolute atomic E-state index is 1.26. The summed E-state index contributed by atoms with van der Waals surface area (Å²) in [6, 6.07) is 54.1. The van der Waals surface area contributed by atoms with Gasteiger partial charge in [-0.3, -0.25) is 0 Å². The first-order chi connectivity index (χ1) is 20.8. The Morgan fingerprint density at radius 2 is 0.571 bits per heavy atom. The third-order valence-electron chi connectivity index (χ3n) is 9.53. The van der Waals surface area contributed by atoms with E-state index in [1.165, 1.54) is 97.7 Å². The van der Waals surface area contributed by atoms with E-state index in [4.69, 9.17) is 0 Å². The molecule has 0 aliphatic carbocycles. The highest BCUT2D eigenvalue weighted by Crippen LogP contribution is 2.48. The molecule has 0 aliphatic heterocycles. The Bertz CT molecular complexity index is 2460. The molecule has 0 radical (unpaired) electrons. The molecule has 0 atom stereocenters. The average molecular weight is 529 g/mol. The van der Waals surface area contributed by atoms with E-state index in [-0.39, 0.29) is 0 Å². The van der Waals surface area contributed by atoms with Gasteiger partial charge in [-0.2, -0.15) is 0 Å². The van der Waals surface area contributed by atoms with E-state index in [1.54, 1.807) is 0 Å². The highest BCUT2D eigenvalue weighted by atomic mass is 14.2. The molecule has 0 unspecified atom stereocenters. The van der Waals surface area contributed by atoms with Crippen LogP contribution in [0.4, 0.5) is 0 Å². The predicted octanol–water partition coefficient (Wildman–Crippen LogP) is 12.0. The number of hydrogen-bond acceptors (Lipinski definition) is 0. The van der Waals surface area contributed by atoms with Gasteiger partial charge in [0.25, 0.3) is 0 Å². The smallest absolute Gasteiger partial charge is 0.00199 e. The molecule has 0 N–H and O–H groups in total. The molecule has 42 heavy (non-hydrogen) atoms. The molecule has 0 amide bonds. The second-order valence-electron chi connectivity index (χ2n) is 11.7. The van der Waals surface area contributed by atoms with E-state index >= 15 is 0 Å². The molecule has 0 heteroatoms. The molecule has 0 nitrogen and oxygen atoms in total. The largest absolute Gasteiger partial charge is 0.0622 e. The second-order valence-corrected chi connectivity index (χ2v) is 11.7. The van der Waals surface area contributed by atoms with E-state index in [2.05, 4.69) is 146 Å². The van der Waals surface area contributed by atoms with Crippen molar-refractivity contribution >= 4 is 75.4 Å². The first-order valence-electron chi connectivity index (χ1n) is 14.7. The van der Waals surface area contributed by atoms with Gasteiger partial charge in [-0.25, -0.2) is 0 Å². The van der Waals surface area contributed by atoms with Crippen molar-refractivity contribution in [3.05, 3.63) is 146 Å². The molecule has 0 aliphatic rings. The van der Waals surface area contributed by atoms with Crippen LogP contribution in [-0.2, 0) is 0 Å². The Balaban J connectivity index is 1.36. The zero-order valence-electron chi connectivity index (χ0n) is 22.9.